The average molecular weight is 406 g/mol. The fraction of sp³-hybridized carbons (Fsp3) is 0.417. The zero-order valence-corrected chi connectivity index (χ0v) is 17.7. The number of ether oxygens (including phenoxy) is 1. The lowest BCUT2D eigenvalue weighted by molar-refractivity contribution is 0.161. The third-order valence-electron chi connectivity index (χ3n) is 5.99. The predicted octanol–water partition coefficient (Wildman–Crippen LogP) is 5.55. The van der Waals surface area contributed by atoms with Gasteiger partial charge in [-0.05, 0) is 79.8 Å². The monoisotopic (exact) mass is 405 g/mol. The van der Waals surface area contributed by atoms with Crippen molar-refractivity contribution < 1.29 is 4.74 Å². The predicted molar refractivity (Wildman–Crippen MR) is 120 cm³/mol. The second kappa shape index (κ2) is 9.37. The molecule has 0 amide bonds. The summed E-state index contributed by atoms with van der Waals surface area (Å²) in [7, 11) is 0. The fourth-order valence-corrected chi connectivity index (χ4v) is 5.00. The van der Waals surface area contributed by atoms with Crippen LogP contribution >= 0.6 is 11.9 Å². The summed E-state index contributed by atoms with van der Waals surface area (Å²) in [5.41, 5.74) is 2.71. The molecule has 1 aliphatic heterocycles. The Balaban J connectivity index is 1.29. The van der Waals surface area contributed by atoms with Gasteiger partial charge in [0.25, 0.3) is 0 Å². The van der Waals surface area contributed by atoms with Gasteiger partial charge in [0.2, 0.25) is 0 Å². The summed E-state index contributed by atoms with van der Waals surface area (Å²) in [6.45, 7) is 4.05. The van der Waals surface area contributed by atoms with E-state index < -0.39 is 0 Å². The highest BCUT2D eigenvalue weighted by atomic mass is 32.2. The summed E-state index contributed by atoms with van der Waals surface area (Å²) < 4.78 is 10.6. The molecule has 5 heteroatoms. The first kappa shape index (κ1) is 19.8. The minimum Gasteiger partial charge on any atom is -0.493 e. The largest absolute Gasteiger partial charge is 0.493 e. The summed E-state index contributed by atoms with van der Waals surface area (Å²) in [5, 5.41) is 9.29. The van der Waals surface area contributed by atoms with Gasteiger partial charge in [-0.25, -0.2) is 4.40 Å². The maximum Gasteiger partial charge on any atom is 0.119 e. The lowest BCUT2D eigenvalue weighted by atomic mass is 9.85. The van der Waals surface area contributed by atoms with E-state index in [2.05, 4.69) is 22.3 Å². The van der Waals surface area contributed by atoms with Crippen LogP contribution in [0.2, 0.25) is 0 Å². The van der Waals surface area contributed by atoms with E-state index in [1.165, 1.54) is 31.5 Å². The molecule has 0 bridgehead atoms. The van der Waals surface area contributed by atoms with Gasteiger partial charge in [-0.3, -0.25) is 0 Å². The lowest BCUT2D eigenvalue weighted by Crippen LogP contribution is -2.44. The molecule has 1 fully saturated rings. The maximum absolute atomic E-state index is 9.29. The van der Waals surface area contributed by atoms with E-state index in [1.54, 1.807) is 11.9 Å². The molecule has 1 heterocycles. The van der Waals surface area contributed by atoms with E-state index >= 15 is 0 Å². The molecule has 4 rings (SSSR count). The highest BCUT2D eigenvalue weighted by Gasteiger charge is 2.28. The van der Waals surface area contributed by atoms with Crippen molar-refractivity contribution in [1.29, 1.82) is 5.26 Å². The molecule has 150 valence electrons. The molecule has 1 saturated carbocycles. The summed E-state index contributed by atoms with van der Waals surface area (Å²) in [5.74, 6) is 3.83. The van der Waals surface area contributed by atoms with E-state index in [0.29, 0.717) is 17.5 Å². The van der Waals surface area contributed by atoms with Crippen LogP contribution in [0.25, 0.3) is 11.1 Å². The number of nitrogens with zero attached hydrogens (tertiary/aromatic N) is 3. The Labute approximate surface area is 177 Å². The molecule has 2 aromatic carbocycles. The van der Waals surface area contributed by atoms with Crippen molar-refractivity contribution in [3.63, 3.8) is 0 Å². The van der Waals surface area contributed by atoms with Crippen LogP contribution in [0.15, 0.2) is 52.9 Å². The molecular weight excluding hydrogens is 378 g/mol. The fourth-order valence-electron chi connectivity index (χ4n) is 4.34. The lowest BCUT2D eigenvalue weighted by Gasteiger charge is -2.39. The van der Waals surface area contributed by atoms with Crippen LogP contribution in [0.5, 0.6) is 5.75 Å². The SMILES string of the molecule is CC1=NSCCN1C1CCC(COc2ccc(-c3ccccc3C#N)cc2)CC1. The van der Waals surface area contributed by atoms with Crippen molar-refractivity contribution in [3.8, 4) is 22.9 Å². The Morgan fingerprint density at radius 1 is 1.10 bits per heavy atom. The van der Waals surface area contributed by atoms with Crippen molar-refractivity contribution in [3.05, 3.63) is 54.1 Å². The van der Waals surface area contributed by atoms with Crippen LogP contribution in [0.4, 0.5) is 0 Å². The number of nitriles is 1. The number of rotatable bonds is 5. The zero-order valence-electron chi connectivity index (χ0n) is 16.9. The van der Waals surface area contributed by atoms with Crippen LogP contribution in [-0.4, -0.2) is 35.7 Å². The Bertz CT molecular complexity index is 895. The third kappa shape index (κ3) is 4.76. The van der Waals surface area contributed by atoms with Crippen LogP contribution in [0.3, 0.4) is 0 Å². The Morgan fingerprint density at radius 3 is 2.59 bits per heavy atom. The zero-order chi connectivity index (χ0) is 20.1. The van der Waals surface area contributed by atoms with Gasteiger partial charge in [-0.15, -0.1) is 0 Å². The minimum atomic E-state index is 0.627. The minimum absolute atomic E-state index is 0.627. The smallest absolute Gasteiger partial charge is 0.119 e. The van der Waals surface area contributed by atoms with Gasteiger partial charge in [-0.1, -0.05) is 30.3 Å². The summed E-state index contributed by atoms with van der Waals surface area (Å²) in [6, 6.07) is 18.7. The molecule has 29 heavy (non-hydrogen) atoms. The van der Waals surface area contributed by atoms with Crippen LogP contribution in [0, 0.1) is 17.2 Å². The molecule has 0 saturated heterocycles. The first-order valence-electron chi connectivity index (χ1n) is 10.4. The first-order valence-corrected chi connectivity index (χ1v) is 11.3. The third-order valence-corrected chi connectivity index (χ3v) is 6.75. The molecule has 0 unspecified atom stereocenters. The molecule has 0 atom stereocenters. The van der Waals surface area contributed by atoms with Gasteiger partial charge in [-0.2, -0.15) is 5.26 Å². The Hall–Kier alpha value is -2.45. The summed E-state index contributed by atoms with van der Waals surface area (Å²) >= 11 is 1.69. The van der Waals surface area contributed by atoms with Crippen molar-refractivity contribution >= 4 is 17.8 Å². The number of benzene rings is 2. The van der Waals surface area contributed by atoms with E-state index in [9.17, 15) is 5.26 Å². The van der Waals surface area contributed by atoms with Crippen LogP contribution < -0.4 is 4.74 Å². The molecule has 0 N–H and O–H groups in total. The van der Waals surface area contributed by atoms with Crippen LogP contribution in [-0.2, 0) is 0 Å². The highest BCUT2D eigenvalue weighted by molar-refractivity contribution is 7.98. The normalized spacial score (nSPS) is 21.9. The Kier molecular flexibility index (Phi) is 6.41. The van der Waals surface area contributed by atoms with Gasteiger partial charge in [0, 0.05) is 18.3 Å². The molecule has 0 spiro atoms. The maximum atomic E-state index is 9.29. The van der Waals surface area contributed by atoms with E-state index in [0.717, 1.165) is 35.8 Å². The van der Waals surface area contributed by atoms with Crippen molar-refractivity contribution in [2.75, 3.05) is 18.9 Å². The van der Waals surface area contributed by atoms with Gasteiger partial charge in [0.05, 0.1) is 18.2 Å². The van der Waals surface area contributed by atoms with Crippen molar-refractivity contribution in [2.45, 2.75) is 38.6 Å². The molecule has 0 radical (unpaired) electrons. The van der Waals surface area contributed by atoms with Gasteiger partial charge < -0.3 is 9.64 Å². The van der Waals surface area contributed by atoms with Crippen LogP contribution in [0.1, 0.15) is 38.2 Å². The molecule has 4 nitrogen and oxygen atoms in total. The topological polar surface area (TPSA) is 48.6 Å². The van der Waals surface area contributed by atoms with Gasteiger partial charge >= 0.3 is 0 Å². The summed E-state index contributed by atoms with van der Waals surface area (Å²) in [4.78, 5) is 2.51. The highest BCUT2D eigenvalue weighted by Crippen LogP contribution is 2.31. The molecule has 2 aliphatic rings. The standard InChI is InChI=1S/C24H27N3OS/c1-18-26-29-15-14-27(18)22-10-6-19(7-11-22)17-28-23-12-8-20(9-13-23)24-5-3-2-4-21(24)16-25/h2-5,8-9,12-13,19,22H,6-7,10-11,14-15,17H2,1H3. The van der Waals surface area contributed by atoms with E-state index in [4.69, 9.17) is 4.74 Å². The number of hydrogen-bond acceptors (Lipinski definition) is 5. The molecule has 0 aromatic heterocycles. The number of hydrogen-bond donors (Lipinski definition) is 0. The van der Waals surface area contributed by atoms with E-state index in [-0.39, 0.29) is 0 Å². The quantitative estimate of drug-likeness (QED) is 0.612. The van der Waals surface area contributed by atoms with Gasteiger partial charge in [0.1, 0.15) is 11.6 Å². The second-order valence-electron chi connectivity index (χ2n) is 7.83. The first-order chi connectivity index (χ1) is 14.2. The average Bonchev–Trinajstić information content (AvgIpc) is 2.79. The second-order valence-corrected chi connectivity index (χ2v) is 8.68. The summed E-state index contributed by atoms with van der Waals surface area (Å²) in [6.07, 6.45) is 4.90. The number of amidine groups is 1. The Morgan fingerprint density at radius 2 is 1.86 bits per heavy atom. The molecule has 2 aromatic rings. The van der Waals surface area contributed by atoms with Crippen molar-refractivity contribution in [1.82, 2.24) is 4.90 Å². The molecule has 1 aliphatic carbocycles. The molecular formula is C24H27N3OS. The van der Waals surface area contributed by atoms with Gasteiger partial charge in [0.15, 0.2) is 0 Å². The van der Waals surface area contributed by atoms with Crippen molar-refractivity contribution in [2.24, 2.45) is 10.3 Å². The van der Waals surface area contributed by atoms with E-state index in [1.807, 2.05) is 48.5 Å².